The number of nitrogens with zero attached hydrogens (tertiary/aromatic N) is 2. The van der Waals surface area contributed by atoms with Crippen LogP contribution in [0.1, 0.15) is 35.5 Å². The van der Waals surface area contributed by atoms with Crippen LogP contribution in [0.15, 0.2) is 93.9 Å². The summed E-state index contributed by atoms with van der Waals surface area (Å²) in [5.41, 5.74) is 3.76. The summed E-state index contributed by atoms with van der Waals surface area (Å²) >= 11 is 9.19. The Morgan fingerprint density at radius 1 is 1.08 bits per heavy atom. The number of aromatic nitrogens is 1. The van der Waals surface area contributed by atoms with Gasteiger partial charge in [-0.2, -0.15) is 0 Å². The largest absolute Gasteiger partial charge is 0.459 e. The van der Waals surface area contributed by atoms with Crippen molar-refractivity contribution in [1.82, 2.24) is 15.2 Å². The van der Waals surface area contributed by atoms with Gasteiger partial charge < -0.3 is 20.0 Å². The maximum Gasteiger partial charge on any atom is 0.226 e. The van der Waals surface area contributed by atoms with Crippen molar-refractivity contribution >= 4 is 44.9 Å². The Bertz CT molecular complexity index is 1360. The second kappa shape index (κ2) is 10.6. The van der Waals surface area contributed by atoms with Gasteiger partial charge in [-0.15, -0.1) is 0 Å². The predicted molar refractivity (Wildman–Crippen MR) is 148 cm³/mol. The lowest BCUT2D eigenvalue weighted by Gasteiger charge is -2.25. The highest BCUT2D eigenvalue weighted by Gasteiger charge is 2.41. The SMILES string of the molecule is Cc1ccc(NC(=O)CCN2C(=S)N[C@H](c3ccccn3)[C@H]2c2ccc(-c3ccc(Br)cc3)o2)cc1. The zero-order valence-corrected chi connectivity index (χ0v) is 22.1. The highest BCUT2D eigenvalue weighted by Crippen LogP contribution is 2.40. The Kier molecular flexibility index (Phi) is 7.16. The Morgan fingerprint density at radius 3 is 2.58 bits per heavy atom. The molecule has 2 N–H and O–H groups in total. The molecule has 0 spiro atoms. The van der Waals surface area contributed by atoms with Gasteiger partial charge in [0.05, 0.1) is 11.7 Å². The second-order valence-electron chi connectivity index (χ2n) is 8.69. The van der Waals surface area contributed by atoms with Gasteiger partial charge in [0.25, 0.3) is 0 Å². The van der Waals surface area contributed by atoms with E-state index in [-0.39, 0.29) is 24.4 Å². The van der Waals surface area contributed by atoms with E-state index in [0.29, 0.717) is 11.7 Å². The molecule has 1 saturated heterocycles. The first-order chi connectivity index (χ1) is 17.5. The van der Waals surface area contributed by atoms with Crippen LogP contribution < -0.4 is 10.6 Å². The summed E-state index contributed by atoms with van der Waals surface area (Å²) in [5, 5.41) is 6.94. The number of carbonyl (C=O) groups excluding carboxylic acids is 1. The summed E-state index contributed by atoms with van der Waals surface area (Å²) in [7, 11) is 0. The van der Waals surface area contributed by atoms with Crippen molar-refractivity contribution in [3.63, 3.8) is 0 Å². The topological polar surface area (TPSA) is 70.4 Å². The normalized spacial score (nSPS) is 17.2. The van der Waals surface area contributed by atoms with E-state index < -0.39 is 0 Å². The van der Waals surface area contributed by atoms with Crippen molar-refractivity contribution in [2.75, 3.05) is 11.9 Å². The summed E-state index contributed by atoms with van der Waals surface area (Å²) in [6.07, 6.45) is 2.05. The standard InChI is InChI=1S/C28H25BrN4O2S/c1-18-5-11-21(12-6-18)31-25(34)15-17-33-27(26(32-28(33)36)22-4-2-3-16-30-22)24-14-13-23(35-24)19-7-9-20(29)10-8-19/h2-14,16,26-27H,15,17H2,1H3,(H,31,34)(H,32,36)/t26-,27-/m1/s1. The van der Waals surface area contributed by atoms with Crippen LogP contribution in [0.25, 0.3) is 11.3 Å². The molecular weight excluding hydrogens is 536 g/mol. The zero-order valence-electron chi connectivity index (χ0n) is 19.6. The van der Waals surface area contributed by atoms with Gasteiger partial charge in [-0.1, -0.05) is 51.8 Å². The van der Waals surface area contributed by atoms with Crippen LogP contribution in [-0.4, -0.2) is 27.4 Å². The van der Waals surface area contributed by atoms with E-state index in [1.54, 1.807) is 6.20 Å². The molecular formula is C28H25BrN4O2S. The van der Waals surface area contributed by atoms with E-state index in [4.69, 9.17) is 16.6 Å². The molecule has 0 unspecified atom stereocenters. The van der Waals surface area contributed by atoms with Gasteiger partial charge in [-0.05, 0) is 67.7 Å². The molecule has 0 aliphatic carbocycles. The first-order valence-corrected chi connectivity index (χ1v) is 12.9. The molecule has 4 aromatic rings. The number of rotatable bonds is 7. The minimum Gasteiger partial charge on any atom is -0.459 e. The van der Waals surface area contributed by atoms with Crippen molar-refractivity contribution in [1.29, 1.82) is 0 Å². The molecule has 3 heterocycles. The highest BCUT2D eigenvalue weighted by atomic mass is 79.9. The number of carbonyl (C=O) groups is 1. The summed E-state index contributed by atoms with van der Waals surface area (Å²) in [6, 6.07) is 25.1. The summed E-state index contributed by atoms with van der Waals surface area (Å²) in [5.74, 6) is 1.46. The van der Waals surface area contributed by atoms with Crippen molar-refractivity contribution in [3.8, 4) is 11.3 Å². The molecule has 0 bridgehead atoms. The van der Waals surface area contributed by atoms with Gasteiger partial charge in [-0.3, -0.25) is 9.78 Å². The van der Waals surface area contributed by atoms with Crippen LogP contribution >= 0.6 is 28.1 Å². The van der Waals surface area contributed by atoms with Crippen LogP contribution in [0.2, 0.25) is 0 Å². The number of halogens is 1. The monoisotopic (exact) mass is 560 g/mol. The summed E-state index contributed by atoms with van der Waals surface area (Å²) < 4.78 is 7.36. The third kappa shape index (κ3) is 5.34. The second-order valence-corrected chi connectivity index (χ2v) is 10.00. The fourth-order valence-electron chi connectivity index (χ4n) is 4.32. The average molecular weight is 562 g/mol. The smallest absolute Gasteiger partial charge is 0.226 e. The Hall–Kier alpha value is -3.49. The molecule has 1 amide bonds. The van der Waals surface area contributed by atoms with Gasteiger partial charge in [0.2, 0.25) is 5.91 Å². The number of anilines is 1. The van der Waals surface area contributed by atoms with Gasteiger partial charge in [0, 0.05) is 34.9 Å². The van der Waals surface area contributed by atoms with Crippen molar-refractivity contribution in [3.05, 3.63) is 107 Å². The molecule has 1 fully saturated rings. The van der Waals surface area contributed by atoms with Crippen LogP contribution in [0.4, 0.5) is 5.69 Å². The van der Waals surface area contributed by atoms with E-state index in [1.165, 1.54) is 0 Å². The maximum absolute atomic E-state index is 12.7. The van der Waals surface area contributed by atoms with Crippen LogP contribution in [0.5, 0.6) is 0 Å². The number of aryl methyl sites for hydroxylation is 1. The molecule has 182 valence electrons. The van der Waals surface area contributed by atoms with E-state index >= 15 is 0 Å². The average Bonchev–Trinajstić information content (AvgIpc) is 3.50. The molecule has 5 rings (SSSR count). The van der Waals surface area contributed by atoms with Crippen molar-refractivity contribution in [2.45, 2.75) is 25.4 Å². The summed E-state index contributed by atoms with van der Waals surface area (Å²) in [6.45, 7) is 2.45. The number of pyridine rings is 1. The predicted octanol–water partition coefficient (Wildman–Crippen LogP) is 6.41. The van der Waals surface area contributed by atoms with Gasteiger partial charge in [-0.25, -0.2) is 0 Å². The number of hydrogen-bond donors (Lipinski definition) is 2. The Balaban J connectivity index is 1.38. The molecule has 2 aromatic carbocycles. The molecule has 2 atom stereocenters. The van der Waals surface area contributed by atoms with Gasteiger partial charge >= 0.3 is 0 Å². The molecule has 0 radical (unpaired) electrons. The van der Waals surface area contributed by atoms with E-state index in [1.807, 2.05) is 90.7 Å². The number of furan rings is 1. The number of amides is 1. The minimum atomic E-state index is -0.247. The molecule has 1 aliphatic heterocycles. The lowest BCUT2D eigenvalue weighted by atomic mass is 10.0. The third-order valence-electron chi connectivity index (χ3n) is 6.16. The summed E-state index contributed by atoms with van der Waals surface area (Å²) in [4.78, 5) is 19.3. The van der Waals surface area contributed by atoms with Gasteiger partial charge in [0.15, 0.2) is 5.11 Å². The fourth-order valence-corrected chi connectivity index (χ4v) is 4.91. The lowest BCUT2D eigenvalue weighted by molar-refractivity contribution is -0.116. The lowest BCUT2D eigenvalue weighted by Crippen LogP contribution is -2.32. The molecule has 8 heteroatoms. The number of thiocarbonyl (C=S) groups is 1. The molecule has 0 saturated carbocycles. The molecule has 36 heavy (non-hydrogen) atoms. The Labute approximate surface area is 223 Å². The number of benzene rings is 2. The van der Waals surface area contributed by atoms with Crippen molar-refractivity contribution in [2.24, 2.45) is 0 Å². The van der Waals surface area contributed by atoms with Crippen LogP contribution in [0, 0.1) is 6.92 Å². The maximum atomic E-state index is 12.7. The third-order valence-corrected chi connectivity index (χ3v) is 7.04. The number of nitrogens with one attached hydrogen (secondary N) is 2. The van der Waals surface area contributed by atoms with Crippen LogP contribution in [-0.2, 0) is 4.79 Å². The van der Waals surface area contributed by atoms with Crippen molar-refractivity contribution < 1.29 is 9.21 Å². The van der Waals surface area contributed by atoms with E-state index in [0.717, 1.165) is 38.5 Å². The molecule has 1 aliphatic rings. The van der Waals surface area contributed by atoms with E-state index in [2.05, 4.69) is 31.5 Å². The first-order valence-electron chi connectivity index (χ1n) is 11.7. The zero-order chi connectivity index (χ0) is 25.1. The highest BCUT2D eigenvalue weighted by molar-refractivity contribution is 9.10. The minimum absolute atomic E-state index is 0.0725. The van der Waals surface area contributed by atoms with E-state index in [9.17, 15) is 4.79 Å². The molecule has 6 nitrogen and oxygen atoms in total. The Morgan fingerprint density at radius 2 is 1.86 bits per heavy atom. The quantitative estimate of drug-likeness (QED) is 0.254. The fraction of sp³-hybridized carbons (Fsp3) is 0.179. The first kappa shape index (κ1) is 24.2. The number of hydrogen-bond acceptors (Lipinski definition) is 4. The van der Waals surface area contributed by atoms with Gasteiger partial charge in [0.1, 0.15) is 17.6 Å². The van der Waals surface area contributed by atoms with Crippen LogP contribution in [0.3, 0.4) is 0 Å². The molecule has 2 aromatic heterocycles.